The topological polar surface area (TPSA) is 77.6 Å². The Bertz CT molecular complexity index is 382. The standard InChI is InChI=1S/C6H5N5.C2H6/c7-6-5-4(3-10-11-6)8-1-2-9-5;1-2/h1-3H,(H2,7,11);1-2H3. The van der Waals surface area contributed by atoms with E-state index in [2.05, 4.69) is 20.2 Å². The third kappa shape index (κ3) is 1.87. The second-order valence-corrected chi connectivity index (χ2v) is 2.02. The van der Waals surface area contributed by atoms with E-state index in [0.29, 0.717) is 16.9 Å². The fourth-order valence-corrected chi connectivity index (χ4v) is 0.834. The largest absolute Gasteiger partial charge is 0.380 e. The zero-order chi connectivity index (χ0) is 9.68. The Morgan fingerprint density at radius 2 is 1.85 bits per heavy atom. The van der Waals surface area contributed by atoms with Crippen LogP contribution in [0.15, 0.2) is 18.6 Å². The van der Waals surface area contributed by atoms with Gasteiger partial charge in [-0.1, -0.05) is 13.8 Å². The molecular weight excluding hydrogens is 166 g/mol. The molecule has 0 fully saturated rings. The van der Waals surface area contributed by atoms with Crippen LogP contribution in [0.4, 0.5) is 5.82 Å². The molecule has 0 spiro atoms. The summed E-state index contributed by atoms with van der Waals surface area (Å²) >= 11 is 0. The first-order chi connectivity index (χ1) is 6.38. The van der Waals surface area contributed by atoms with Crippen molar-refractivity contribution in [3.8, 4) is 0 Å². The van der Waals surface area contributed by atoms with Gasteiger partial charge in [0.15, 0.2) is 5.82 Å². The van der Waals surface area contributed by atoms with Crippen LogP contribution in [0.2, 0.25) is 0 Å². The summed E-state index contributed by atoms with van der Waals surface area (Å²) in [6.45, 7) is 4.00. The van der Waals surface area contributed by atoms with Crippen molar-refractivity contribution in [3.05, 3.63) is 18.6 Å². The van der Waals surface area contributed by atoms with Gasteiger partial charge in [0.2, 0.25) is 0 Å². The summed E-state index contributed by atoms with van der Waals surface area (Å²) in [5.74, 6) is 0.315. The minimum absolute atomic E-state index is 0.315. The molecule has 5 nitrogen and oxygen atoms in total. The molecule has 0 aliphatic carbocycles. The highest BCUT2D eigenvalue weighted by Gasteiger charge is 1.98. The maximum atomic E-state index is 5.48. The van der Waals surface area contributed by atoms with Crippen LogP contribution in [-0.4, -0.2) is 20.2 Å². The van der Waals surface area contributed by atoms with Crippen LogP contribution in [0.1, 0.15) is 13.8 Å². The van der Waals surface area contributed by atoms with Gasteiger partial charge in [-0.3, -0.25) is 4.98 Å². The third-order valence-electron chi connectivity index (χ3n) is 1.31. The van der Waals surface area contributed by atoms with Crippen LogP contribution in [0, 0.1) is 0 Å². The monoisotopic (exact) mass is 177 g/mol. The molecule has 2 N–H and O–H groups in total. The molecule has 0 unspecified atom stereocenters. The number of hydrogen-bond acceptors (Lipinski definition) is 5. The Balaban J connectivity index is 0.000000396. The molecule has 2 heterocycles. The summed E-state index contributed by atoms with van der Waals surface area (Å²) in [5, 5.41) is 7.27. The van der Waals surface area contributed by atoms with Crippen molar-refractivity contribution in [1.82, 2.24) is 20.2 Å². The molecule has 0 aliphatic rings. The molecule has 5 heteroatoms. The van der Waals surface area contributed by atoms with Crippen LogP contribution >= 0.6 is 0 Å². The Morgan fingerprint density at radius 3 is 2.54 bits per heavy atom. The average Bonchev–Trinajstić information content (AvgIpc) is 2.22. The van der Waals surface area contributed by atoms with Crippen LogP contribution in [0.5, 0.6) is 0 Å². The van der Waals surface area contributed by atoms with Crippen molar-refractivity contribution in [3.63, 3.8) is 0 Å². The van der Waals surface area contributed by atoms with Crippen LogP contribution < -0.4 is 5.73 Å². The van der Waals surface area contributed by atoms with E-state index >= 15 is 0 Å². The Hall–Kier alpha value is -1.78. The zero-order valence-electron chi connectivity index (χ0n) is 7.60. The van der Waals surface area contributed by atoms with Gasteiger partial charge in [0.05, 0.1) is 6.20 Å². The number of anilines is 1. The van der Waals surface area contributed by atoms with Crippen LogP contribution in [0.3, 0.4) is 0 Å². The van der Waals surface area contributed by atoms with Gasteiger partial charge in [0, 0.05) is 12.4 Å². The number of hydrogen-bond donors (Lipinski definition) is 1. The summed E-state index contributed by atoms with van der Waals surface area (Å²) in [6.07, 6.45) is 4.68. The van der Waals surface area contributed by atoms with E-state index in [1.54, 1.807) is 12.4 Å². The quantitative estimate of drug-likeness (QED) is 0.650. The van der Waals surface area contributed by atoms with E-state index in [1.165, 1.54) is 6.20 Å². The number of rotatable bonds is 0. The molecule has 2 aromatic heterocycles. The number of nitrogens with two attached hydrogens (primary N) is 1. The number of nitrogen functional groups attached to an aromatic ring is 1. The lowest BCUT2D eigenvalue weighted by molar-refractivity contribution is 1.04. The molecule has 68 valence electrons. The molecule has 13 heavy (non-hydrogen) atoms. The molecule has 0 saturated heterocycles. The Labute approximate surface area is 76.0 Å². The Kier molecular flexibility index (Phi) is 3.08. The van der Waals surface area contributed by atoms with Crippen LogP contribution in [-0.2, 0) is 0 Å². The van der Waals surface area contributed by atoms with E-state index < -0.39 is 0 Å². The number of aromatic nitrogens is 4. The minimum atomic E-state index is 0.315. The minimum Gasteiger partial charge on any atom is -0.380 e. The highest BCUT2D eigenvalue weighted by molar-refractivity contribution is 5.82. The molecule has 0 saturated carbocycles. The normalized spacial score (nSPS) is 9.08. The summed E-state index contributed by atoms with van der Waals surface area (Å²) in [7, 11) is 0. The maximum absolute atomic E-state index is 5.48. The van der Waals surface area contributed by atoms with Crippen molar-refractivity contribution in [2.45, 2.75) is 13.8 Å². The number of nitrogens with zero attached hydrogens (tertiary/aromatic N) is 4. The molecule has 0 atom stereocenters. The van der Waals surface area contributed by atoms with Gasteiger partial charge in [0.25, 0.3) is 0 Å². The molecule has 0 bridgehead atoms. The number of fused-ring (bicyclic) bond motifs is 1. The molecule has 0 radical (unpaired) electrons. The van der Waals surface area contributed by atoms with Gasteiger partial charge in [-0.2, -0.15) is 5.10 Å². The molecule has 0 aliphatic heterocycles. The molecular formula is C8H11N5. The van der Waals surface area contributed by atoms with Crippen molar-refractivity contribution >= 4 is 16.9 Å². The molecule has 0 aromatic carbocycles. The van der Waals surface area contributed by atoms with Crippen molar-refractivity contribution < 1.29 is 0 Å². The SMILES string of the molecule is CC.Nc1nncc2nccnc12. The predicted molar refractivity (Wildman–Crippen MR) is 50.9 cm³/mol. The lowest BCUT2D eigenvalue weighted by atomic mass is 10.4. The maximum Gasteiger partial charge on any atom is 0.174 e. The van der Waals surface area contributed by atoms with E-state index in [-0.39, 0.29) is 0 Å². The van der Waals surface area contributed by atoms with Gasteiger partial charge >= 0.3 is 0 Å². The first-order valence-corrected chi connectivity index (χ1v) is 4.06. The van der Waals surface area contributed by atoms with E-state index in [0.717, 1.165) is 0 Å². The highest BCUT2D eigenvalue weighted by atomic mass is 15.1. The summed E-state index contributed by atoms with van der Waals surface area (Å²) in [4.78, 5) is 7.99. The molecule has 2 rings (SSSR count). The van der Waals surface area contributed by atoms with Gasteiger partial charge in [-0.05, 0) is 0 Å². The van der Waals surface area contributed by atoms with E-state index in [1.807, 2.05) is 13.8 Å². The van der Waals surface area contributed by atoms with E-state index in [9.17, 15) is 0 Å². The third-order valence-corrected chi connectivity index (χ3v) is 1.31. The summed E-state index contributed by atoms with van der Waals surface area (Å²) < 4.78 is 0. The highest BCUT2D eigenvalue weighted by Crippen LogP contribution is 2.09. The zero-order valence-corrected chi connectivity index (χ0v) is 7.60. The molecule has 2 aromatic rings. The average molecular weight is 177 g/mol. The van der Waals surface area contributed by atoms with Crippen molar-refractivity contribution in [2.24, 2.45) is 0 Å². The second kappa shape index (κ2) is 4.30. The predicted octanol–water partition coefficient (Wildman–Crippen LogP) is 1.03. The van der Waals surface area contributed by atoms with Gasteiger partial charge < -0.3 is 5.73 Å². The van der Waals surface area contributed by atoms with E-state index in [4.69, 9.17) is 5.73 Å². The van der Waals surface area contributed by atoms with Gasteiger partial charge in [0.1, 0.15) is 11.0 Å². The lowest BCUT2D eigenvalue weighted by Gasteiger charge is -1.94. The van der Waals surface area contributed by atoms with Crippen LogP contribution in [0.25, 0.3) is 11.0 Å². The summed E-state index contributed by atoms with van der Waals surface area (Å²) in [6, 6.07) is 0. The second-order valence-electron chi connectivity index (χ2n) is 2.02. The first-order valence-electron chi connectivity index (χ1n) is 4.06. The smallest absolute Gasteiger partial charge is 0.174 e. The van der Waals surface area contributed by atoms with Crippen molar-refractivity contribution in [1.29, 1.82) is 0 Å². The van der Waals surface area contributed by atoms with Gasteiger partial charge in [-0.25, -0.2) is 4.98 Å². The van der Waals surface area contributed by atoms with Gasteiger partial charge in [-0.15, -0.1) is 5.10 Å². The van der Waals surface area contributed by atoms with Crippen molar-refractivity contribution in [2.75, 3.05) is 5.73 Å². The first kappa shape index (κ1) is 9.31. The fourth-order valence-electron chi connectivity index (χ4n) is 0.834. The fraction of sp³-hybridized carbons (Fsp3) is 0.250. The summed E-state index contributed by atoms with van der Waals surface area (Å²) in [5.41, 5.74) is 6.75. The lowest BCUT2D eigenvalue weighted by Crippen LogP contribution is -1.96. The Morgan fingerprint density at radius 1 is 1.15 bits per heavy atom. The molecule has 0 amide bonds.